The van der Waals surface area contributed by atoms with Crippen LogP contribution in [0.25, 0.3) is 11.3 Å². The topological polar surface area (TPSA) is 47.3 Å². The van der Waals surface area contributed by atoms with Crippen LogP contribution in [0.4, 0.5) is 0 Å². The van der Waals surface area contributed by atoms with Gasteiger partial charge in [0.15, 0.2) is 0 Å². The molecular formula is C17H23IN2O2Si. The quantitative estimate of drug-likeness (QED) is 0.358. The first-order chi connectivity index (χ1) is 10.9. The van der Waals surface area contributed by atoms with E-state index in [4.69, 9.17) is 4.74 Å². The summed E-state index contributed by atoms with van der Waals surface area (Å²) in [4.78, 5) is 0. The molecule has 0 unspecified atom stereocenters. The summed E-state index contributed by atoms with van der Waals surface area (Å²) in [6.07, 6.45) is 0.895. The lowest BCUT2D eigenvalue weighted by Crippen LogP contribution is -2.22. The standard InChI is InChI=1S/C17H23IN2O2Si/c1-23(2,3)7-6-22-11-20-16-14-5-4-12(10-21)8-13(14)9-15(16)17(18)19-20/h4-5,8,21H,6-7,9-11H2,1-3H3. The maximum absolute atomic E-state index is 9.32. The molecule has 0 amide bonds. The lowest BCUT2D eigenvalue weighted by atomic mass is 10.1. The molecule has 124 valence electrons. The van der Waals surface area contributed by atoms with Crippen LogP contribution in [0.1, 0.15) is 16.7 Å². The number of hydrogen-bond donors (Lipinski definition) is 1. The van der Waals surface area contributed by atoms with Crippen LogP contribution in [0.5, 0.6) is 0 Å². The number of benzene rings is 1. The molecule has 0 saturated heterocycles. The van der Waals surface area contributed by atoms with Crippen molar-refractivity contribution in [2.24, 2.45) is 0 Å². The number of fused-ring (bicyclic) bond motifs is 3. The minimum absolute atomic E-state index is 0.0899. The Labute approximate surface area is 152 Å². The maximum atomic E-state index is 9.32. The zero-order valence-electron chi connectivity index (χ0n) is 13.9. The minimum atomic E-state index is -1.06. The normalized spacial score (nSPS) is 13.3. The summed E-state index contributed by atoms with van der Waals surface area (Å²) in [5.74, 6) is 0. The average Bonchev–Trinajstić information content (AvgIpc) is 3.00. The van der Waals surface area contributed by atoms with Gasteiger partial charge in [-0.05, 0) is 39.8 Å². The van der Waals surface area contributed by atoms with Gasteiger partial charge in [0.2, 0.25) is 0 Å². The van der Waals surface area contributed by atoms with Gasteiger partial charge in [-0.1, -0.05) is 37.8 Å². The minimum Gasteiger partial charge on any atom is -0.392 e. The highest BCUT2D eigenvalue weighted by molar-refractivity contribution is 14.1. The van der Waals surface area contributed by atoms with Crippen molar-refractivity contribution in [3.63, 3.8) is 0 Å². The van der Waals surface area contributed by atoms with Crippen molar-refractivity contribution in [1.29, 1.82) is 0 Å². The summed E-state index contributed by atoms with van der Waals surface area (Å²) in [6, 6.07) is 7.36. The van der Waals surface area contributed by atoms with Crippen LogP contribution < -0.4 is 0 Å². The number of halogens is 1. The van der Waals surface area contributed by atoms with Crippen molar-refractivity contribution in [3.05, 3.63) is 38.6 Å². The molecule has 3 rings (SSSR count). The van der Waals surface area contributed by atoms with Crippen LogP contribution in [0, 0.1) is 3.70 Å². The van der Waals surface area contributed by atoms with Gasteiger partial charge in [0.05, 0.1) is 12.3 Å². The number of ether oxygens (including phenoxy) is 1. The van der Waals surface area contributed by atoms with Gasteiger partial charge in [0, 0.05) is 32.2 Å². The third-order valence-corrected chi connectivity index (χ3v) is 6.76. The summed E-state index contributed by atoms with van der Waals surface area (Å²) < 4.78 is 8.93. The highest BCUT2D eigenvalue weighted by Crippen LogP contribution is 2.39. The Morgan fingerprint density at radius 3 is 2.83 bits per heavy atom. The highest BCUT2D eigenvalue weighted by atomic mass is 127. The van der Waals surface area contributed by atoms with Gasteiger partial charge in [-0.2, -0.15) is 5.10 Å². The van der Waals surface area contributed by atoms with Crippen molar-refractivity contribution >= 4 is 30.7 Å². The summed E-state index contributed by atoms with van der Waals surface area (Å²) >= 11 is 2.31. The van der Waals surface area contributed by atoms with E-state index in [9.17, 15) is 5.11 Å². The van der Waals surface area contributed by atoms with E-state index < -0.39 is 8.07 Å². The first-order valence-electron chi connectivity index (χ1n) is 7.95. The van der Waals surface area contributed by atoms with Crippen molar-refractivity contribution in [2.45, 2.75) is 45.4 Å². The van der Waals surface area contributed by atoms with Crippen LogP contribution in [0.15, 0.2) is 18.2 Å². The largest absolute Gasteiger partial charge is 0.392 e. The van der Waals surface area contributed by atoms with E-state index in [0.29, 0.717) is 6.73 Å². The van der Waals surface area contributed by atoms with Crippen molar-refractivity contribution < 1.29 is 9.84 Å². The van der Waals surface area contributed by atoms with Crippen LogP contribution in [-0.2, 0) is 24.5 Å². The van der Waals surface area contributed by atoms with E-state index in [-0.39, 0.29) is 6.61 Å². The molecule has 1 aliphatic carbocycles. The van der Waals surface area contributed by atoms with E-state index in [1.807, 2.05) is 10.7 Å². The lowest BCUT2D eigenvalue weighted by Gasteiger charge is -2.16. The molecule has 4 nitrogen and oxygen atoms in total. The summed E-state index contributed by atoms with van der Waals surface area (Å²) in [6.45, 7) is 8.49. The number of rotatable bonds is 6. The Balaban J connectivity index is 1.78. The molecule has 1 heterocycles. The van der Waals surface area contributed by atoms with Gasteiger partial charge >= 0.3 is 0 Å². The molecule has 0 spiro atoms. The number of aromatic nitrogens is 2. The molecule has 0 aliphatic heterocycles. The second-order valence-electron chi connectivity index (χ2n) is 7.29. The Hall–Kier alpha value is -0.703. The predicted molar refractivity (Wildman–Crippen MR) is 103 cm³/mol. The zero-order chi connectivity index (χ0) is 16.6. The number of aliphatic hydroxyl groups is 1. The molecule has 23 heavy (non-hydrogen) atoms. The van der Waals surface area contributed by atoms with E-state index in [1.165, 1.54) is 28.4 Å². The number of aliphatic hydroxyl groups excluding tert-OH is 1. The first kappa shape index (κ1) is 17.1. The fourth-order valence-electron chi connectivity index (χ4n) is 2.86. The molecular weight excluding hydrogens is 419 g/mol. The number of hydrogen-bond acceptors (Lipinski definition) is 3. The molecule has 0 saturated carbocycles. The molecule has 1 aromatic heterocycles. The third kappa shape index (κ3) is 3.70. The Morgan fingerprint density at radius 2 is 2.13 bits per heavy atom. The van der Waals surface area contributed by atoms with E-state index in [0.717, 1.165) is 22.3 Å². The van der Waals surface area contributed by atoms with Crippen molar-refractivity contribution in [1.82, 2.24) is 9.78 Å². The Morgan fingerprint density at radius 1 is 1.35 bits per heavy atom. The van der Waals surface area contributed by atoms with Crippen LogP contribution >= 0.6 is 22.6 Å². The first-order valence-corrected chi connectivity index (χ1v) is 12.7. The van der Waals surface area contributed by atoms with Gasteiger partial charge in [-0.15, -0.1) is 0 Å². The van der Waals surface area contributed by atoms with Crippen LogP contribution in [0.3, 0.4) is 0 Å². The third-order valence-electron chi connectivity index (χ3n) is 4.19. The van der Waals surface area contributed by atoms with Gasteiger partial charge < -0.3 is 9.84 Å². The maximum Gasteiger partial charge on any atom is 0.140 e. The molecule has 0 radical (unpaired) electrons. The summed E-state index contributed by atoms with van der Waals surface area (Å²) in [5, 5.41) is 14.0. The predicted octanol–water partition coefficient (Wildman–Crippen LogP) is 3.86. The van der Waals surface area contributed by atoms with Gasteiger partial charge in [-0.3, -0.25) is 0 Å². The van der Waals surface area contributed by atoms with E-state index in [1.54, 1.807) is 0 Å². The fourth-order valence-corrected chi connectivity index (χ4v) is 4.33. The molecule has 0 atom stereocenters. The molecule has 6 heteroatoms. The molecule has 1 aromatic carbocycles. The second kappa shape index (κ2) is 6.66. The lowest BCUT2D eigenvalue weighted by molar-refractivity contribution is 0.0795. The highest BCUT2D eigenvalue weighted by Gasteiger charge is 2.27. The van der Waals surface area contributed by atoms with Crippen molar-refractivity contribution in [2.75, 3.05) is 6.61 Å². The molecule has 0 fully saturated rings. The summed E-state index contributed by atoms with van der Waals surface area (Å²) in [5.41, 5.74) is 5.93. The zero-order valence-corrected chi connectivity index (χ0v) is 17.1. The number of nitrogens with zero attached hydrogens (tertiary/aromatic N) is 2. The van der Waals surface area contributed by atoms with Gasteiger partial charge in [-0.25, -0.2) is 4.68 Å². The molecule has 0 bridgehead atoms. The van der Waals surface area contributed by atoms with E-state index in [2.05, 4.69) is 59.5 Å². The fraction of sp³-hybridized carbons (Fsp3) is 0.471. The summed E-state index contributed by atoms with van der Waals surface area (Å²) in [7, 11) is -1.06. The van der Waals surface area contributed by atoms with Gasteiger partial charge in [0.25, 0.3) is 0 Å². The SMILES string of the molecule is C[Si](C)(C)CCOCn1nc(I)c2c1-c1ccc(CO)cc1C2. The smallest absolute Gasteiger partial charge is 0.140 e. The second-order valence-corrected chi connectivity index (χ2v) is 13.9. The van der Waals surface area contributed by atoms with Crippen LogP contribution in [0.2, 0.25) is 25.7 Å². The Bertz CT molecular complexity index is 722. The van der Waals surface area contributed by atoms with Gasteiger partial charge in [0.1, 0.15) is 10.4 Å². The average molecular weight is 442 g/mol. The van der Waals surface area contributed by atoms with Crippen LogP contribution in [-0.4, -0.2) is 29.6 Å². The Kier molecular flexibility index (Phi) is 4.96. The monoisotopic (exact) mass is 442 g/mol. The molecule has 1 N–H and O–H groups in total. The molecule has 1 aliphatic rings. The van der Waals surface area contributed by atoms with E-state index >= 15 is 0 Å². The molecule has 2 aromatic rings. The van der Waals surface area contributed by atoms with Crippen molar-refractivity contribution in [3.8, 4) is 11.3 Å².